The molecule has 1 aromatic heterocycles. The van der Waals surface area contributed by atoms with Crippen LogP contribution in [0, 0.1) is 5.82 Å². The lowest BCUT2D eigenvalue weighted by Crippen LogP contribution is -2.15. The van der Waals surface area contributed by atoms with Crippen LogP contribution in [0.15, 0.2) is 28.9 Å². The fourth-order valence-electron chi connectivity index (χ4n) is 1.59. The highest BCUT2D eigenvalue weighted by molar-refractivity contribution is 6.30. The summed E-state index contributed by atoms with van der Waals surface area (Å²) in [4.78, 5) is 4.15. The third-order valence-corrected chi connectivity index (χ3v) is 3.08. The predicted molar refractivity (Wildman–Crippen MR) is 67.8 cm³/mol. The number of nitrogens with one attached hydrogen (secondary N) is 1. The first-order valence-electron chi connectivity index (χ1n) is 6.01. The van der Waals surface area contributed by atoms with Gasteiger partial charge in [-0.25, -0.2) is 4.39 Å². The highest BCUT2D eigenvalue weighted by Gasteiger charge is 2.20. The molecule has 1 N–H and O–H groups in total. The molecule has 1 fully saturated rings. The molecule has 1 saturated carbocycles. The summed E-state index contributed by atoms with van der Waals surface area (Å²) in [5.41, 5.74) is 0.760. The highest BCUT2D eigenvalue weighted by Crippen LogP contribution is 2.25. The molecule has 0 unspecified atom stereocenters. The molecule has 0 atom stereocenters. The Kier molecular flexibility index (Phi) is 3.40. The molecule has 0 bridgehead atoms. The largest absolute Gasteiger partial charge is 0.417 e. The van der Waals surface area contributed by atoms with E-state index in [9.17, 15) is 4.39 Å². The van der Waals surface area contributed by atoms with Crippen LogP contribution in [0.5, 0.6) is 11.8 Å². The van der Waals surface area contributed by atoms with Gasteiger partial charge >= 0.3 is 6.08 Å². The smallest absolute Gasteiger partial charge is 0.399 e. The van der Waals surface area contributed by atoms with Crippen molar-refractivity contribution in [1.82, 2.24) is 10.3 Å². The average Bonchev–Trinajstić information content (AvgIpc) is 3.12. The van der Waals surface area contributed by atoms with E-state index in [4.69, 9.17) is 20.8 Å². The number of hydrogen-bond acceptors (Lipinski definition) is 4. The Bertz CT molecular complexity index is 584. The molecule has 2 aromatic rings. The Morgan fingerprint density at radius 1 is 1.47 bits per heavy atom. The summed E-state index contributed by atoms with van der Waals surface area (Å²) in [6, 6.07) is 4.77. The van der Waals surface area contributed by atoms with Gasteiger partial charge in [0, 0.05) is 18.7 Å². The van der Waals surface area contributed by atoms with Gasteiger partial charge in [0.2, 0.25) is 0 Å². The van der Waals surface area contributed by atoms with Crippen molar-refractivity contribution in [3.05, 3.63) is 41.0 Å². The lowest BCUT2D eigenvalue weighted by Gasteiger charge is -2.01. The minimum Gasteiger partial charge on any atom is -0.417 e. The Labute approximate surface area is 114 Å². The molecule has 19 heavy (non-hydrogen) atoms. The first-order valence-corrected chi connectivity index (χ1v) is 6.39. The van der Waals surface area contributed by atoms with Crippen LogP contribution in [-0.2, 0) is 6.54 Å². The molecular formula is C13H12ClFN2O2. The van der Waals surface area contributed by atoms with Gasteiger partial charge in [0.05, 0.1) is 10.7 Å². The quantitative estimate of drug-likeness (QED) is 0.911. The molecular weight excluding hydrogens is 271 g/mol. The standard InChI is InChI=1S/C13H12ClFN2O2/c14-11-4-3-10(5-12(11)15)19-13-17-9(7-18-13)6-16-8-1-2-8/h3-5,7-8,16H,1-2,6H2. The molecule has 1 aliphatic carbocycles. The van der Waals surface area contributed by atoms with Gasteiger partial charge in [-0.1, -0.05) is 11.6 Å². The van der Waals surface area contributed by atoms with Gasteiger partial charge in [-0.05, 0) is 25.0 Å². The number of aromatic nitrogens is 1. The number of hydrogen-bond donors (Lipinski definition) is 1. The van der Waals surface area contributed by atoms with Crippen LogP contribution in [0.1, 0.15) is 18.5 Å². The maximum atomic E-state index is 13.2. The molecule has 0 amide bonds. The van der Waals surface area contributed by atoms with Gasteiger partial charge in [0.1, 0.15) is 17.8 Å². The molecule has 4 nitrogen and oxygen atoms in total. The Balaban J connectivity index is 1.63. The van der Waals surface area contributed by atoms with E-state index < -0.39 is 5.82 Å². The van der Waals surface area contributed by atoms with Crippen LogP contribution in [0.25, 0.3) is 0 Å². The molecule has 0 aliphatic heterocycles. The molecule has 0 radical (unpaired) electrons. The van der Waals surface area contributed by atoms with E-state index in [0.717, 1.165) is 5.69 Å². The van der Waals surface area contributed by atoms with Gasteiger partial charge in [-0.2, -0.15) is 4.98 Å². The molecule has 1 aromatic carbocycles. The maximum absolute atomic E-state index is 13.2. The summed E-state index contributed by atoms with van der Waals surface area (Å²) in [6.07, 6.45) is 4.04. The van der Waals surface area contributed by atoms with Gasteiger partial charge in [-0.3, -0.25) is 0 Å². The minimum absolute atomic E-state index is 0.0501. The van der Waals surface area contributed by atoms with E-state index in [1.807, 2.05) is 0 Å². The zero-order valence-electron chi connectivity index (χ0n) is 10.0. The monoisotopic (exact) mass is 282 g/mol. The topological polar surface area (TPSA) is 47.3 Å². The molecule has 0 spiro atoms. The molecule has 3 rings (SSSR count). The van der Waals surface area contributed by atoms with Crippen molar-refractivity contribution in [3.63, 3.8) is 0 Å². The highest BCUT2D eigenvalue weighted by atomic mass is 35.5. The third-order valence-electron chi connectivity index (χ3n) is 2.78. The molecule has 6 heteroatoms. The second-order valence-corrected chi connectivity index (χ2v) is 4.85. The fraction of sp³-hybridized carbons (Fsp3) is 0.308. The number of ether oxygens (including phenoxy) is 1. The van der Waals surface area contributed by atoms with E-state index in [2.05, 4.69) is 10.3 Å². The Morgan fingerprint density at radius 3 is 3.05 bits per heavy atom. The number of rotatable bonds is 5. The Hall–Kier alpha value is -1.59. The number of nitrogens with zero attached hydrogens (tertiary/aromatic N) is 1. The van der Waals surface area contributed by atoms with E-state index in [1.165, 1.54) is 31.2 Å². The van der Waals surface area contributed by atoms with Gasteiger partial charge < -0.3 is 14.5 Å². The lowest BCUT2D eigenvalue weighted by atomic mass is 10.3. The second-order valence-electron chi connectivity index (χ2n) is 4.44. The molecule has 100 valence electrons. The van der Waals surface area contributed by atoms with Crippen molar-refractivity contribution in [2.45, 2.75) is 25.4 Å². The van der Waals surface area contributed by atoms with Crippen molar-refractivity contribution < 1.29 is 13.5 Å². The van der Waals surface area contributed by atoms with Crippen LogP contribution in [-0.4, -0.2) is 11.0 Å². The fourth-order valence-corrected chi connectivity index (χ4v) is 1.71. The van der Waals surface area contributed by atoms with E-state index in [1.54, 1.807) is 6.07 Å². The van der Waals surface area contributed by atoms with Crippen LogP contribution in [0.4, 0.5) is 4.39 Å². The molecule has 1 heterocycles. The summed E-state index contributed by atoms with van der Waals surface area (Å²) in [5, 5.41) is 3.36. The number of benzene rings is 1. The van der Waals surface area contributed by atoms with Crippen LogP contribution in [0.2, 0.25) is 5.02 Å². The normalized spacial score (nSPS) is 14.6. The van der Waals surface area contributed by atoms with Crippen LogP contribution in [0.3, 0.4) is 0 Å². The van der Waals surface area contributed by atoms with Crippen molar-refractivity contribution in [2.24, 2.45) is 0 Å². The van der Waals surface area contributed by atoms with Crippen molar-refractivity contribution in [1.29, 1.82) is 0 Å². The number of halogens is 2. The van der Waals surface area contributed by atoms with Gasteiger partial charge in [-0.15, -0.1) is 0 Å². The van der Waals surface area contributed by atoms with Crippen molar-refractivity contribution in [3.8, 4) is 11.8 Å². The third kappa shape index (κ3) is 3.24. The summed E-state index contributed by atoms with van der Waals surface area (Å²) >= 11 is 5.59. The first-order chi connectivity index (χ1) is 9.20. The van der Waals surface area contributed by atoms with E-state index in [-0.39, 0.29) is 11.1 Å². The predicted octanol–water partition coefficient (Wildman–Crippen LogP) is 3.51. The van der Waals surface area contributed by atoms with E-state index in [0.29, 0.717) is 18.3 Å². The molecule has 0 saturated heterocycles. The second kappa shape index (κ2) is 5.19. The van der Waals surface area contributed by atoms with Crippen molar-refractivity contribution >= 4 is 11.6 Å². The summed E-state index contributed by atoms with van der Waals surface area (Å²) in [5.74, 6) is -0.244. The van der Waals surface area contributed by atoms with Crippen molar-refractivity contribution in [2.75, 3.05) is 0 Å². The summed E-state index contributed by atoms with van der Waals surface area (Å²) in [6.45, 7) is 0.645. The first kappa shape index (κ1) is 12.4. The zero-order chi connectivity index (χ0) is 13.2. The Morgan fingerprint density at radius 2 is 2.32 bits per heavy atom. The number of oxazole rings is 1. The summed E-state index contributed by atoms with van der Waals surface area (Å²) < 4.78 is 23.7. The maximum Gasteiger partial charge on any atom is 0.399 e. The van der Waals surface area contributed by atoms with Gasteiger partial charge in [0.15, 0.2) is 0 Å². The van der Waals surface area contributed by atoms with Gasteiger partial charge in [0.25, 0.3) is 0 Å². The zero-order valence-corrected chi connectivity index (χ0v) is 10.8. The van der Waals surface area contributed by atoms with E-state index >= 15 is 0 Å². The summed E-state index contributed by atoms with van der Waals surface area (Å²) in [7, 11) is 0. The SMILES string of the molecule is Fc1cc(Oc2nc(CNC3CC3)co2)ccc1Cl. The lowest BCUT2D eigenvalue weighted by molar-refractivity contribution is 0.329. The molecule has 1 aliphatic rings. The van der Waals surface area contributed by atoms with Crippen LogP contribution < -0.4 is 10.1 Å². The van der Waals surface area contributed by atoms with Crippen LogP contribution >= 0.6 is 11.6 Å². The average molecular weight is 283 g/mol. The minimum atomic E-state index is -0.540.